The Bertz CT molecular complexity index is 1390. The summed E-state index contributed by atoms with van der Waals surface area (Å²) in [5.41, 5.74) is -2.19. The molecular weight excluding hydrogens is 412 g/mol. The van der Waals surface area contributed by atoms with E-state index in [-0.39, 0.29) is 16.6 Å². The van der Waals surface area contributed by atoms with E-state index in [9.17, 15) is 19.5 Å². The van der Waals surface area contributed by atoms with Gasteiger partial charge in [0, 0.05) is 5.02 Å². The van der Waals surface area contributed by atoms with Crippen molar-refractivity contribution in [3.63, 3.8) is 0 Å². The predicted octanol–water partition coefficient (Wildman–Crippen LogP) is 3.15. The maximum Gasteiger partial charge on any atom is 0.362 e. The SMILES string of the molecule is COC(=O)c1nn(-c2ccc(Cl)cc2)c(=O)c2c(O)c(-c3ccccc3)c(=O)oc12. The first-order valence-corrected chi connectivity index (χ1v) is 9.03. The van der Waals surface area contributed by atoms with E-state index in [1.165, 1.54) is 24.3 Å². The van der Waals surface area contributed by atoms with Crippen molar-refractivity contribution >= 4 is 28.5 Å². The predicted molar refractivity (Wildman–Crippen MR) is 109 cm³/mol. The van der Waals surface area contributed by atoms with Crippen LogP contribution in [-0.4, -0.2) is 28.0 Å². The highest BCUT2D eigenvalue weighted by molar-refractivity contribution is 6.30. The first kappa shape index (κ1) is 19.4. The Morgan fingerprint density at radius 1 is 1.10 bits per heavy atom. The van der Waals surface area contributed by atoms with Gasteiger partial charge < -0.3 is 14.3 Å². The van der Waals surface area contributed by atoms with Gasteiger partial charge in [0.1, 0.15) is 16.7 Å². The molecule has 0 radical (unpaired) electrons. The number of nitrogens with zero attached hydrogens (tertiary/aromatic N) is 2. The van der Waals surface area contributed by atoms with Crippen molar-refractivity contribution in [2.75, 3.05) is 7.11 Å². The Morgan fingerprint density at radius 2 is 1.77 bits per heavy atom. The van der Waals surface area contributed by atoms with Gasteiger partial charge in [-0.3, -0.25) is 4.79 Å². The summed E-state index contributed by atoms with van der Waals surface area (Å²) < 4.78 is 10.9. The fraction of sp³-hybridized carbons (Fsp3) is 0.0476. The van der Waals surface area contributed by atoms with Crippen LogP contribution in [0.4, 0.5) is 0 Å². The smallest absolute Gasteiger partial charge is 0.362 e. The first-order chi connectivity index (χ1) is 14.4. The van der Waals surface area contributed by atoms with E-state index in [1.54, 1.807) is 30.3 Å². The second-order valence-corrected chi connectivity index (χ2v) is 6.65. The Hall–Kier alpha value is -3.91. The molecule has 2 aromatic heterocycles. The molecule has 1 N–H and O–H groups in total. The quantitative estimate of drug-likeness (QED) is 0.503. The first-order valence-electron chi connectivity index (χ1n) is 8.65. The van der Waals surface area contributed by atoms with Gasteiger partial charge in [-0.15, -0.1) is 0 Å². The molecule has 0 atom stereocenters. The minimum Gasteiger partial charge on any atom is -0.506 e. The summed E-state index contributed by atoms with van der Waals surface area (Å²) in [7, 11) is 1.11. The molecule has 9 heteroatoms. The number of carbonyl (C=O) groups excluding carboxylic acids is 1. The van der Waals surface area contributed by atoms with E-state index < -0.39 is 34.2 Å². The third-order valence-electron chi connectivity index (χ3n) is 4.43. The Kier molecular flexibility index (Phi) is 4.85. The minimum absolute atomic E-state index is 0.204. The van der Waals surface area contributed by atoms with E-state index in [0.717, 1.165) is 11.8 Å². The molecule has 0 spiro atoms. The Labute approximate surface area is 173 Å². The molecule has 4 rings (SSSR count). The molecular formula is C21H13ClN2O6. The summed E-state index contributed by atoms with van der Waals surface area (Å²) >= 11 is 5.90. The van der Waals surface area contributed by atoms with Gasteiger partial charge in [0.25, 0.3) is 5.56 Å². The van der Waals surface area contributed by atoms with Crippen LogP contribution in [0.2, 0.25) is 5.02 Å². The van der Waals surface area contributed by atoms with Gasteiger partial charge in [0.15, 0.2) is 5.58 Å². The second-order valence-electron chi connectivity index (χ2n) is 6.22. The summed E-state index contributed by atoms with van der Waals surface area (Å²) in [6, 6.07) is 14.3. The van der Waals surface area contributed by atoms with Crippen molar-refractivity contribution in [2.24, 2.45) is 0 Å². The third-order valence-corrected chi connectivity index (χ3v) is 4.69. The van der Waals surface area contributed by atoms with Gasteiger partial charge in [0.2, 0.25) is 5.69 Å². The highest BCUT2D eigenvalue weighted by atomic mass is 35.5. The number of fused-ring (bicyclic) bond motifs is 1. The van der Waals surface area contributed by atoms with E-state index in [0.29, 0.717) is 10.6 Å². The molecule has 0 unspecified atom stereocenters. The number of rotatable bonds is 3. The summed E-state index contributed by atoms with van der Waals surface area (Å²) in [5, 5.41) is 14.9. The van der Waals surface area contributed by atoms with Crippen LogP contribution in [0.1, 0.15) is 10.5 Å². The highest BCUT2D eigenvalue weighted by Crippen LogP contribution is 2.32. The molecule has 2 heterocycles. The van der Waals surface area contributed by atoms with Crippen molar-refractivity contribution < 1.29 is 19.1 Å². The molecule has 0 aliphatic rings. The van der Waals surface area contributed by atoms with E-state index in [1.807, 2.05) is 0 Å². The summed E-state index contributed by atoms with van der Waals surface area (Å²) in [5.74, 6) is -1.56. The fourth-order valence-electron chi connectivity index (χ4n) is 3.03. The van der Waals surface area contributed by atoms with Crippen molar-refractivity contribution in [2.45, 2.75) is 0 Å². The Morgan fingerprint density at radius 3 is 2.40 bits per heavy atom. The standard InChI is InChI=1S/C21H13ClN2O6/c1-29-21(28)16-18-15(19(26)24(23-16)13-9-7-12(22)8-10-13)17(25)14(20(27)30-18)11-5-3-2-4-6-11/h2-10,25H,1H3. The van der Waals surface area contributed by atoms with E-state index in [2.05, 4.69) is 5.10 Å². The maximum atomic E-state index is 13.2. The number of benzene rings is 2. The molecule has 0 aliphatic carbocycles. The molecule has 0 saturated carbocycles. The molecule has 0 aliphatic heterocycles. The number of aromatic nitrogens is 2. The molecule has 30 heavy (non-hydrogen) atoms. The van der Waals surface area contributed by atoms with Gasteiger partial charge in [-0.25, -0.2) is 9.59 Å². The maximum absolute atomic E-state index is 13.2. The van der Waals surface area contributed by atoms with Crippen molar-refractivity contribution in [3.05, 3.63) is 86.1 Å². The number of ether oxygens (including phenoxy) is 1. The molecule has 8 nitrogen and oxygen atoms in total. The number of methoxy groups -OCH3 is 1. The van der Waals surface area contributed by atoms with Crippen molar-refractivity contribution in [1.82, 2.24) is 9.78 Å². The van der Waals surface area contributed by atoms with Crippen LogP contribution in [0.15, 0.2) is 68.6 Å². The van der Waals surface area contributed by atoms with Crippen LogP contribution >= 0.6 is 11.6 Å². The van der Waals surface area contributed by atoms with Crippen LogP contribution in [-0.2, 0) is 4.74 Å². The largest absolute Gasteiger partial charge is 0.506 e. The molecule has 0 bridgehead atoms. The average Bonchev–Trinajstić information content (AvgIpc) is 2.75. The molecule has 4 aromatic rings. The van der Waals surface area contributed by atoms with Crippen LogP contribution in [0.25, 0.3) is 27.8 Å². The topological polar surface area (TPSA) is 112 Å². The second kappa shape index (κ2) is 7.49. The lowest BCUT2D eigenvalue weighted by atomic mass is 10.0. The molecule has 0 amide bonds. The summed E-state index contributed by atoms with van der Waals surface area (Å²) in [6.45, 7) is 0. The zero-order valence-electron chi connectivity index (χ0n) is 15.5. The number of carbonyl (C=O) groups is 1. The fourth-order valence-corrected chi connectivity index (χ4v) is 3.16. The molecule has 2 aromatic carbocycles. The van der Waals surface area contributed by atoms with Gasteiger partial charge in [0.05, 0.1) is 12.8 Å². The van der Waals surface area contributed by atoms with Gasteiger partial charge in [-0.2, -0.15) is 9.78 Å². The normalized spacial score (nSPS) is 10.9. The summed E-state index contributed by atoms with van der Waals surface area (Å²) in [4.78, 5) is 38.1. The molecule has 0 fully saturated rings. The van der Waals surface area contributed by atoms with Crippen molar-refractivity contribution in [1.29, 1.82) is 0 Å². The number of hydrogen-bond acceptors (Lipinski definition) is 7. The van der Waals surface area contributed by atoms with Gasteiger partial charge in [-0.05, 0) is 29.8 Å². The highest BCUT2D eigenvalue weighted by Gasteiger charge is 2.26. The lowest BCUT2D eigenvalue weighted by Crippen LogP contribution is -2.26. The van der Waals surface area contributed by atoms with Gasteiger partial charge in [-0.1, -0.05) is 41.9 Å². The van der Waals surface area contributed by atoms with E-state index >= 15 is 0 Å². The Balaban J connectivity index is 2.15. The average molecular weight is 425 g/mol. The zero-order valence-corrected chi connectivity index (χ0v) is 16.2. The number of halogens is 1. The van der Waals surface area contributed by atoms with E-state index in [4.69, 9.17) is 20.8 Å². The van der Waals surface area contributed by atoms with Gasteiger partial charge >= 0.3 is 11.6 Å². The minimum atomic E-state index is -0.947. The van der Waals surface area contributed by atoms with Crippen LogP contribution in [0.5, 0.6) is 5.75 Å². The lowest BCUT2D eigenvalue weighted by Gasteiger charge is -2.11. The molecule has 0 saturated heterocycles. The van der Waals surface area contributed by atoms with Crippen molar-refractivity contribution in [3.8, 4) is 22.6 Å². The van der Waals surface area contributed by atoms with Crippen LogP contribution in [0.3, 0.4) is 0 Å². The number of hydrogen-bond donors (Lipinski definition) is 1. The van der Waals surface area contributed by atoms with Crippen LogP contribution in [0, 0.1) is 0 Å². The zero-order chi connectivity index (χ0) is 21.4. The number of esters is 1. The molecule has 150 valence electrons. The third kappa shape index (κ3) is 3.13. The van der Waals surface area contributed by atoms with Crippen LogP contribution < -0.4 is 11.2 Å². The monoisotopic (exact) mass is 424 g/mol. The lowest BCUT2D eigenvalue weighted by molar-refractivity contribution is 0.0592. The number of aromatic hydroxyl groups is 1. The summed E-state index contributed by atoms with van der Waals surface area (Å²) in [6.07, 6.45) is 0.